The quantitative estimate of drug-likeness (QED) is 0.596. The number of hydrogen-bond acceptors (Lipinski definition) is 7. The Kier molecular flexibility index (Phi) is 3.99. The average molecular weight is 289 g/mol. The van der Waals surface area contributed by atoms with Gasteiger partial charge in [-0.15, -0.1) is 0 Å². The molecule has 0 radical (unpaired) electrons. The highest BCUT2D eigenvalue weighted by molar-refractivity contribution is 6.38. The molecule has 1 aliphatic heterocycles. The number of hydrogen-bond donors (Lipinski definition) is 2. The van der Waals surface area contributed by atoms with E-state index in [1.54, 1.807) is 0 Å². The number of nitriles is 1. The molecule has 0 saturated carbocycles. The van der Waals surface area contributed by atoms with Gasteiger partial charge in [0.05, 0.1) is 23.1 Å². The summed E-state index contributed by atoms with van der Waals surface area (Å²) in [4.78, 5) is 26.3. The number of carbonyl (C=O) groups is 1. The summed E-state index contributed by atoms with van der Waals surface area (Å²) in [7, 11) is 0. The third-order valence-corrected chi connectivity index (χ3v) is 2.86. The van der Waals surface area contributed by atoms with Gasteiger partial charge in [-0.1, -0.05) is 5.16 Å². The lowest BCUT2D eigenvalue weighted by molar-refractivity contribution is -0.384. The molecule has 3 N–H and O–H groups in total. The van der Waals surface area contributed by atoms with E-state index in [0.717, 1.165) is 0 Å². The lowest BCUT2D eigenvalue weighted by Gasteiger charge is -2.11. The van der Waals surface area contributed by atoms with E-state index in [1.165, 1.54) is 18.2 Å². The standard InChI is InChI=1S/C12H11N5O4/c13-5-7-1-2-9(11(3-7)17(19)20)15-6-8-4-10(12(14)18)16-21-8/h1-3,8,15H,4,6H2,(H2,14,18)/t8-/m0/s1. The molecule has 0 aliphatic carbocycles. The zero-order valence-corrected chi connectivity index (χ0v) is 10.8. The fraction of sp³-hybridized carbons (Fsp3) is 0.250. The normalized spacial score (nSPS) is 16.5. The third kappa shape index (κ3) is 3.24. The van der Waals surface area contributed by atoms with Crippen molar-refractivity contribution < 1.29 is 14.6 Å². The van der Waals surface area contributed by atoms with E-state index >= 15 is 0 Å². The summed E-state index contributed by atoms with van der Waals surface area (Å²) in [6.07, 6.45) is -0.186. The van der Waals surface area contributed by atoms with Gasteiger partial charge >= 0.3 is 0 Å². The van der Waals surface area contributed by atoms with Crippen molar-refractivity contribution in [3.8, 4) is 6.07 Å². The first-order valence-corrected chi connectivity index (χ1v) is 5.96. The number of nitrogens with two attached hydrogens (primary N) is 1. The minimum atomic E-state index is -0.651. The molecule has 21 heavy (non-hydrogen) atoms. The number of nitrogens with zero attached hydrogens (tertiary/aromatic N) is 3. The van der Waals surface area contributed by atoms with Crippen LogP contribution in [0.1, 0.15) is 12.0 Å². The van der Waals surface area contributed by atoms with Gasteiger partial charge in [-0.2, -0.15) is 5.26 Å². The Morgan fingerprint density at radius 2 is 2.43 bits per heavy atom. The molecule has 0 saturated heterocycles. The highest BCUT2D eigenvalue weighted by atomic mass is 16.6. The number of carbonyl (C=O) groups excluding carboxylic acids is 1. The molecule has 1 aromatic carbocycles. The first kappa shape index (κ1) is 14.3. The maximum Gasteiger partial charge on any atom is 0.293 e. The monoisotopic (exact) mass is 289 g/mol. The number of nitrogens with one attached hydrogen (secondary N) is 1. The Bertz CT molecular complexity index is 664. The predicted molar refractivity (Wildman–Crippen MR) is 72.4 cm³/mol. The second kappa shape index (κ2) is 5.87. The summed E-state index contributed by atoms with van der Waals surface area (Å²) in [5, 5.41) is 26.1. The van der Waals surface area contributed by atoms with E-state index in [0.29, 0.717) is 0 Å². The first-order valence-electron chi connectivity index (χ1n) is 5.96. The number of primary amides is 1. The molecular weight excluding hydrogens is 278 g/mol. The molecule has 0 unspecified atom stereocenters. The smallest absolute Gasteiger partial charge is 0.293 e. The summed E-state index contributed by atoms with van der Waals surface area (Å²) in [6, 6.07) is 5.94. The van der Waals surface area contributed by atoms with Crippen LogP contribution in [0.15, 0.2) is 23.4 Å². The molecule has 2 rings (SSSR count). The summed E-state index contributed by atoms with van der Waals surface area (Å²) in [6.45, 7) is 0.215. The first-order chi connectivity index (χ1) is 10.0. The molecule has 108 valence electrons. The van der Waals surface area contributed by atoms with Crippen molar-refractivity contribution in [3.05, 3.63) is 33.9 Å². The van der Waals surface area contributed by atoms with Crippen molar-refractivity contribution in [2.45, 2.75) is 12.5 Å². The van der Waals surface area contributed by atoms with Crippen LogP contribution in [0.4, 0.5) is 11.4 Å². The minimum Gasteiger partial charge on any atom is -0.390 e. The number of nitro benzene ring substituents is 1. The van der Waals surface area contributed by atoms with E-state index in [9.17, 15) is 14.9 Å². The number of amides is 1. The van der Waals surface area contributed by atoms with Crippen molar-refractivity contribution in [3.63, 3.8) is 0 Å². The SMILES string of the molecule is N#Cc1ccc(NC[C@@H]2CC(C(N)=O)=NO2)c([N+](=O)[O-])c1. The van der Waals surface area contributed by atoms with Gasteiger partial charge in [-0.3, -0.25) is 14.9 Å². The summed E-state index contributed by atoms with van der Waals surface area (Å²) in [5.41, 5.74) is 5.46. The van der Waals surface area contributed by atoms with Crippen molar-refractivity contribution in [2.24, 2.45) is 10.9 Å². The Morgan fingerprint density at radius 3 is 3.00 bits per heavy atom. The predicted octanol–water partition coefficient (Wildman–Crippen LogP) is 0.509. The van der Waals surface area contributed by atoms with Crippen LogP contribution in [0.5, 0.6) is 0 Å². The number of benzene rings is 1. The molecule has 0 fully saturated rings. The van der Waals surface area contributed by atoms with Gasteiger partial charge in [0.2, 0.25) is 0 Å². The summed E-state index contributed by atoms with van der Waals surface area (Å²) < 4.78 is 0. The second-order valence-corrected chi connectivity index (χ2v) is 4.32. The van der Waals surface area contributed by atoms with Gasteiger partial charge in [-0.25, -0.2) is 0 Å². The van der Waals surface area contributed by atoms with E-state index in [2.05, 4.69) is 10.5 Å². The number of nitro groups is 1. The average Bonchev–Trinajstić information content (AvgIpc) is 2.94. The number of rotatable bonds is 5. The van der Waals surface area contributed by atoms with Crippen LogP contribution in [0, 0.1) is 21.4 Å². The fourth-order valence-corrected chi connectivity index (χ4v) is 1.81. The maximum atomic E-state index is 11.0. The van der Waals surface area contributed by atoms with Gasteiger partial charge in [0.25, 0.3) is 11.6 Å². The van der Waals surface area contributed by atoms with E-state index in [-0.39, 0.29) is 35.6 Å². The Balaban J connectivity index is 2.03. The van der Waals surface area contributed by atoms with Crippen LogP contribution in [0.3, 0.4) is 0 Å². The van der Waals surface area contributed by atoms with E-state index < -0.39 is 16.9 Å². The Hall–Kier alpha value is -3.15. The third-order valence-electron chi connectivity index (χ3n) is 2.86. The van der Waals surface area contributed by atoms with Crippen LogP contribution in [0.2, 0.25) is 0 Å². The molecule has 1 aromatic rings. The van der Waals surface area contributed by atoms with Gasteiger partial charge in [0.1, 0.15) is 11.4 Å². The molecular formula is C12H11N5O4. The molecule has 1 heterocycles. The highest BCUT2D eigenvalue weighted by Gasteiger charge is 2.25. The van der Waals surface area contributed by atoms with Crippen LogP contribution in [0.25, 0.3) is 0 Å². The van der Waals surface area contributed by atoms with Crippen molar-refractivity contribution in [2.75, 3.05) is 11.9 Å². The largest absolute Gasteiger partial charge is 0.390 e. The van der Waals surface area contributed by atoms with Gasteiger partial charge in [0, 0.05) is 12.5 Å². The zero-order valence-electron chi connectivity index (χ0n) is 10.8. The fourth-order valence-electron chi connectivity index (χ4n) is 1.81. The Labute approximate surface area is 119 Å². The maximum absolute atomic E-state index is 11.0. The minimum absolute atomic E-state index is 0.135. The molecule has 9 heteroatoms. The van der Waals surface area contributed by atoms with Crippen LogP contribution < -0.4 is 11.1 Å². The molecule has 0 aromatic heterocycles. The van der Waals surface area contributed by atoms with Gasteiger partial charge in [-0.05, 0) is 12.1 Å². The molecule has 9 nitrogen and oxygen atoms in total. The Morgan fingerprint density at radius 1 is 1.67 bits per heavy atom. The van der Waals surface area contributed by atoms with E-state index in [4.69, 9.17) is 15.8 Å². The summed E-state index contributed by atoms with van der Waals surface area (Å²) >= 11 is 0. The van der Waals surface area contributed by atoms with Gasteiger partial charge < -0.3 is 15.9 Å². The second-order valence-electron chi connectivity index (χ2n) is 4.32. The molecule has 0 spiro atoms. The number of anilines is 1. The van der Waals surface area contributed by atoms with Crippen LogP contribution in [-0.2, 0) is 9.63 Å². The number of oxime groups is 1. The van der Waals surface area contributed by atoms with Crippen molar-refractivity contribution in [1.82, 2.24) is 0 Å². The van der Waals surface area contributed by atoms with E-state index in [1.807, 2.05) is 6.07 Å². The lowest BCUT2D eigenvalue weighted by Crippen LogP contribution is -2.26. The van der Waals surface area contributed by atoms with Gasteiger partial charge in [0.15, 0.2) is 6.10 Å². The highest BCUT2D eigenvalue weighted by Crippen LogP contribution is 2.25. The molecule has 1 aliphatic rings. The van der Waals surface area contributed by atoms with Crippen molar-refractivity contribution >= 4 is 23.0 Å². The topological polar surface area (TPSA) is 144 Å². The molecule has 0 bridgehead atoms. The zero-order chi connectivity index (χ0) is 15.4. The summed E-state index contributed by atoms with van der Waals surface area (Å²) in [5.74, 6) is -0.651. The lowest BCUT2D eigenvalue weighted by atomic mass is 10.1. The van der Waals surface area contributed by atoms with Crippen molar-refractivity contribution in [1.29, 1.82) is 5.26 Å². The van der Waals surface area contributed by atoms with Crippen LogP contribution in [-0.4, -0.2) is 29.2 Å². The van der Waals surface area contributed by atoms with Crippen LogP contribution >= 0.6 is 0 Å². The molecule has 1 atom stereocenters. The molecule has 1 amide bonds.